The van der Waals surface area contributed by atoms with Crippen LogP contribution in [0, 0.1) is 0 Å². The molecule has 2 aliphatic rings. The smallest absolute Gasteiger partial charge is 0.217 e. The Bertz CT molecular complexity index is 466. The zero-order chi connectivity index (χ0) is 15.5. The highest BCUT2D eigenvalue weighted by Gasteiger charge is 2.36. The van der Waals surface area contributed by atoms with Gasteiger partial charge < -0.3 is 10.9 Å². The van der Waals surface area contributed by atoms with Gasteiger partial charge in [0.1, 0.15) is 0 Å². The molecule has 0 spiro atoms. The van der Waals surface area contributed by atoms with Crippen molar-refractivity contribution in [3.05, 3.63) is 0 Å². The van der Waals surface area contributed by atoms with E-state index < -0.39 is 10.0 Å². The third kappa shape index (κ3) is 3.49. The first kappa shape index (κ1) is 16.5. The Morgan fingerprint density at radius 3 is 2.33 bits per heavy atom. The van der Waals surface area contributed by atoms with Gasteiger partial charge in [0.25, 0.3) is 0 Å². The SMILES string of the molecule is CCC(C(N)=NO)N1CCN(S(=O)(=O)C2CCCC2)CC1. The molecule has 0 aromatic rings. The molecule has 0 radical (unpaired) electrons. The molecule has 1 aliphatic heterocycles. The molecule has 1 saturated heterocycles. The highest BCUT2D eigenvalue weighted by atomic mass is 32.2. The van der Waals surface area contributed by atoms with Crippen LogP contribution in [0.15, 0.2) is 5.16 Å². The average molecular weight is 318 g/mol. The third-order valence-electron chi connectivity index (χ3n) is 4.64. The van der Waals surface area contributed by atoms with Crippen LogP contribution >= 0.6 is 0 Å². The Morgan fingerprint density at radius 1 is 1.29 bits per heavy atom. The number of amidine groups is 1. The van der Waals surface area contributed by atoms with Crippen LogP contribution in [0.1, 0.15) is 39.0 Å². The summed E-state index contributed by atoms with van der Waals surface area (Å²) in [6, 6.07) is -0.119. The van der Waals surface area contributed by atoms with E-state index in [0.717, 1.165) is 32.1 Å². The van der Waals surface area contributed by atoms with E-state index in [0.29, 0.717) is 26.2 Å². The largest absolute Gasteiger partial charge is 0.409 e. The van der Waals surface area contributed by atoms with Gasteiger partial charge in [0.05, 0.1) is 11.3 Å². The highest BCUT2D eigenvalue weighted by molar-refractivity contribution is 7.89. The average Bonchev–Trinajstić information content (AvgIpc) is 3.03. The van der Waals surface area contributed by atoms with E-state index in [1.54, 1.807) is 4.31 Å². The topological polar surface area (TPSA) is 99.2 Å². The second kappa shape index (κ2) is 6.93. The first-order valence-electron chi connectivity index (χ1n) is 7.71. The molecule has 0 aromatic carbocycles. The quantitative estimate of drug-likeness (QED) is 0.331. The molecular weight excluding hydrogens is 292 g/mol. The monoisotopic (exact) mass is 318 g/mol. The van der Waals surface area contributed by atoms with Gasteiger partial charge in [0.2, 0.25) is 10.0 Å². The van der Waals surface area contributed by atoms with Crippen LogP contribution < -0.4 is 5.73 Å². The van der Waals surface area contributed by atoms with Gasteiger partial charge in [-0.1, -0.05) is 24.9 Å². The van der Waals surface area contributed by atoms with Crippen molar-refractivity contribution in [1.82, 2.24) is 9.21 Å². The van der Waals surface area contributed by atoms with Crippen LogP contribution in [0.5, 0.6) is 0 Å². The highest BCUT2D eigenvalue weighted by Crippen LogP contribution is 2.27. The predicted octanol–water partition coefficient (Wildman–Crippen LogP) is 0.401. The first-order valence-corrected chi connectivity index (χ1v) is 9.21. The fourth-order valence-electron chi connectivity index (χ4n) is 3.39. The van der Waals surface area contributed by atoms with Gasteiger partial charge in [-0.05, 0) is 19.3 Å². The second-order valence-electron chi connectivity index (χ2n) is 5.84. The molecule has 2 rings (SSSR count). The minimum atomic E-state index is -3.15. The van der Waals surface area contributed by atoms with Gasteiger partial charge in [0, 0.05) is 26.2 Å². The summed E-state index contributed by atoms with van der Waals surface area (Å²) in [4.78, 5) is 2.09. The van der Waals surface area contributed by atoms with Crippen LogP contribution in [0.2, 0.25) is 0 Å². The molecule has 3 N–H and O–H groups in total. The zero-order valence-electron chi connectivity index (χ0n) is 12.6. The molecule has 2 fully saturated rings. The molecule has 1 atom stereocenters. The van der Waals surface area contributed by atoms with Crippen molar-refractivity contribution in [3.63, 3.8) is 0 Å². The van der Waals surface area contributed by atoms with Gasteiger partial charge >= 0.3 is 0 Å². The van der Waals surface area contributed by atoms with Crippen molar-refractivity contribution in [2.45, 2.75) is 50.3 Å². The van der Waals surface area contributed by atoms with Crippen molar-refractivity contribution < 1.29 is 13.6 Å². The van der Waals surface area contributed by atoms with Crippen molar-refractivity contribution in [1.29, 1.82) is 0 Å². The normalized spacial score (nSPS) is 25.3. The van der Waals surface area contributed by atoms with Crippen LogP contribution in [0.25, 0.3) is 0 Å². The van der Waals surface area contributed by atoms with Crippen molar-refractivity contribution in [2.75, 3.05) is 26.2 Å². The summed E-state index contributed by atoms with van der Waals surface area (Å²) in [6.45, 7) is 4.22. The number of oxime groups is 1. The van der Waals surface area contributed by atoms with E-state index in [4.69, 9.17) is 10.9 Å². The number of sulfonamides is 1. The summed E-state index contributed by atoms with van der Waals surface area (Å²) in [7, 11) is -3.15. The second-order valence-corrected chi connectivity index (χ2v) is 8.05. The molecule has 1 unspecified atom stereocenters. The maximum absolute atomic E-state index is 12.5. The fourth-order valence-corrected chi connectivity index (χ4v) is 5.41. The molecule has 7 nitrogen and oxygen atoms in total. The minimum Gasteiger partial charge on any atom is -0.409 e. The van der Waals surface area contributed by atoms with Gasteiger partial charge in [0.15, 0.2) is 5.84 Å². The van der Waals surface area contributed by atoms with Crippen molar-refractivity contribution in [2.24, 2.45) is 10.9 Å². The maximum Gasteiger partial charge on any atom is 0.217 e. The number of rotatable bonds is 5. The van der Waals surface area contributed by atoms with Gasteiger partial charge in [-0.2, -0.15) is 4.31 Å². The van der Waals surface area contributed by atoms with E-state index in [1.807, 2.05) is 6.92 Å². The Hall–Kier alpha value is -0.860. The Labute approximate surface area is 126 Å². The molecule has 0 aromatic heterocycles. The van der Waals surface area contributed by atoms with E-state index in [-0.39, 0.29) is 17.1 Å². The lowest BCUT2D eigenvalue weighted by molar-refractivity contribution is 0.160. The molecule has 21 heavy (non-hydrogen) atoms. The van der Waals surface area contributed by atoms with Gasteiger partial charge in [-0.3, -0.25) is 4.90 Å². The third-order valence-corrected chi connectivity index (χ3v) is 7.04. The van der Waals surface area contributed by atoms with Crippen LogP contribution in [0.3, 0.4) is 0 Å². The number of nitrogens with zero attached hydrogens (tertiary/aromatic N) is 3. The number of piperazine rings is 1. The van der Waals surface area contributed by atoms with Crippen molar-refractivity contribution >= 4 is 15.9 Å². The summed E-state index contributed by atoms with van der Waals surface area (Å²) in [5.41, 5.74) is 5.71. The molecule has 122 valence electrons. The lowest BCUT2D eigenvalue weighted by Crippen LogP contribution is -2.56. The maximum atomic E-state index is 12.5. The van der Waals surface area contributed by atoms with Crippen LogP contribution in [-0.2, 0) is 10.0 Å². The van der Waals surface area contributed by atoms with Gasteiger partial charge in [-0.15, -0.1) is 0 Å². The lowest BCUT2D eigenvalue weighted by atomic mass is 10.1. The molecule has 8 heteroatoms. The molecule has 0 amide bonds. The van der Waals surface area contributed by atoms with Crippen LogP contribution in [0.4, 0.5) is 0 Å². The summed E-state index contributed by atoms with van der Waals surface area (Å²) >= 11 is 0. The summed E-state index contributed by atoms with van der Waals surface area (Å²) in [5.74, 6) is 0.199. The molecule has 1 saturated carbocycles. The Kier molecular flexibility index (Phi) is 5.45. The van der Waals surface area contributed by atoms with E-state index in [1.165, 1.54) is 0 Å². The summed E-state index contributed by atoms with van der Waals surface area (Å²) < 4.78 is 26.7. The van der Waals surface area contributed by atoms with Gasteiger partial charge in [-0.25, -0.2) is 8.42 Å². The standard InChI is InChI=1S/C13H26N4O3S/c1-2-12(13(14)15-18)16-7-9-17(10-8-16)21(19,20)11-5-3-4-6-11/h11-12,18H,2-10H2,1H3,(H2,14,15). The predicted molar refractivity (Wildman–Crippen MR) is 81.8 cm³/mol. The van der Waals surface area contributed by atoms with E-state index >= 15 is 0 Å². The lowest BCUT2D eigenvalue weighted by Gasteiger charge is -2.38. The van der Waals surface area contributed by atoms with E-state index in [2.05, 4.69) is 10.1 Å². The van der Waals surface area contributed by atoms with Crippen LogP contribution in [-0.4, -0.2) is 66.1 Å². The number of hydrogen-bond donors (Lipinski definition) is 2. The minimum absolute atomic E-state index is 0.119. The molecule has 1 heterocycles. The zero-order valence-corrected chi connectivity index (χ0v) is 13.4. The molecule has 1 aliphatic carbocycles. The summed E-state index contributed by atoms with van der Waals surface area (Å²) in [5, 5.41) is 11.7. The van der Waals surface area contributed by atoms with E-state index in [9.17, 15) is 8.42 Å². The number of nitrogens with two attached hydrogens (primary N) is 1. The Balaban J connectivity index is 1.96. The van der Waals surface area contributed by atoms with Crippen molar-refractivity contribution in [3.8, 4) is 0 Å². The fraction of sp³-hybridized carbons (Fsp3) is 0.923. The first-order chi connectivity index (χ1) is 10.0. The molecule has 0 bridgehead atoms. The summed E-state index contributed by atoms with van der Waals surface area (Å²) in [6.07, 6.45) is 4.37. The Morgan fingerprint density at radius 2 is 1.86 bits per heavy atom. The number of hydrogen-bond acceptors (Lipinski definition) is 5. The molecular formula is C13H26N4O3S.